The molecule has 22 heavy (non-hydrogen) atoms. The van der Waals surface area contributed by atoms with Crippen molar-refractivity contribution in [2.24, 2.45) is 0 Å². The lowest BCUT2D eigenvalue weighted by Gasteiger charge is -2.14. The molecule has 0 spiro atoms. The fourth-order valence-electron chi connectivity index (χ4n) is 2.06. The number of amides is 1. The molecule has 0 saturated heterocycles. The van der Waals surface area contributed by atoms with Crippen LogP contribution in [0.4, 0.5) is 18.9 Å². The molecule has 2 aromatic carbocycles. The van der Waals surface area contributed by atoms with E-state index in [1.54, 1.807) is 12.1 Å². The predicted octanol–water partition coefficient (Wildman–Crippen LogP) is 4.85. The third kappa shape index (κ3) is 4.24. The molecule has 0 aliphatic heterocycles. The lowest BCUT2D eigenvalue weighted by Crippen LogP contribution is -2.18. The summed E-state index contributed by atoms with van der Waals surface area (Å²) in [6.45, 7) is 1.88. The second-order valence-corrected chi connectivity index (χ2v) is 5.34. The number of rotatable bonds is 3. The fraction of sp³-hybridized carbons (Fsp3) is 0.188. The highest BCUT2D eigenvalue weighted by Gasteiger charge is 2.34. The van der Waals surface area contributed by atoms with E-state index in [1.807, 2.05) is 19.1 Å². The number of aryl methyl sites for hydroxylation is 1. The zero-order chi connectivity index (χ0) is 16.3. The molecule has 2 rings (SSSR count). The molecule has 0 unspecified atom stereocenters. The van der Waals surface area contributed by atoms with Crippen LogP contribution in [-0.2, 0) is 17.4 Å². The Labute approximate surface area is 130 Å². The average molecular weight is 328 g/mol. The zero-order valence-corrected chi connectivity index (χ0v) is 12.4. The van der Waals surface area contributed by atoms with Gasteiger partial charge in [-0.25, -0.2) is 0 Å². The van der Waals surface area contributed by atoms with Gasteiger partial charge in [-0.2, -0.15) is 13.2 Å². The van der Waals surface area contributed by atoms with E-state index in [9.17, 15) is 18.0 Å². The van der Waals surface area contributed by atoms with Crippen LogP contribution in [0.25, 0.3) is 0 Å². The van der Waals surface area contributed by atoms with Crippen LogP contribution in [0.3, 0.4) is 0 Å². The second kappa shape index (κ2) is 6.40. The van der Waals surface area contributed by atoms with Crippen molar-refractivity contribution in [1.29, 1.82) is 0 Å². The van der Waals surface area contributed by atoms with E-state index < -0.39 is 17.6 Å². The Hall–Kier alpha value is -2.01. The molecular formula is C16H13ClF3NO. The van der Waals surface area contributed by atoms with Gasteiger partial charge in [-0.05, 0) is 30.7 Å². The zero-order valence-electron chi connectivity index (χ0n) is 11.7. The van der Waals surface area contributed by atoms with E-state index in [4.69, 9.17) is 11.6 Å². The summed E-state index contributed by atoms with van der Waals surface area (Å²) >= 11 is 5.59. The molecule has 0 fully saturated rings. The van der Waals surface area contributed by atoms with Crippen LogP contribution >= 0.6 is 11.6 Å². The fourth-order valence-corrected chi connectivity index (χ4v) is 2.23. The van der Waals surface area contributed by atoms with Crippen molar-refractivity contribution >= 4 is 23.2 Å². The molecule has 0 aromatic heterocycles. The summed E-state index contributed by atoms with van der Waals surface area (Å²) < 4.78 is 38.8. The molecule has 0 atom stereocenters. The number of anilines is 1. The highest BCUT2D eigenvalue weighted by molar-refractivity contribution is 6.30. The largest absolute Gasteiger partial charge is 0.418 e. The first-order valence-electron chi connectivity index (χ1n) is 6.48. The van der Waals surface area contributed by atoms with Gasteiger partial charge in [-0.3, -0.25) is 4.79 Å². The van der Waals surface area contributed by atoms with Crippen molar-refractivity contribution in [3.8, 4) is 0 Å². The minimum absolute atomic E-state index is 0.00159. The van der Waals surface area contributed by atoms with Crippen LogP contribution in [0.5, 0.6) is 0 Å². The maximum absolute atomic E-state index is 12.9. The molecule has 0 aliphatic carbocycles. The summed E-state index contributed by atoms with van der Waals surface area (Å²) in [7, 11) is 0. The highest BCUT2D eigenvalue weighted by atomic mass is 35.5. The Kier molecular flexibility index (Phi) is 4.76. The van der Waals surface area contributed by atoms with Gasteiger partial charge in [0, 0.05) is 5.02 Å². The number of benzene rings is 2. The first-order chi connectivity index (χ1) is 10.3. The van der Waals surface area contributed by atoms with Crippen molar-refractivity contribution in [1.82, 2.24) is 0 Å². The van der Waals surface area contributed by atoms with Crippen LogP contribution < -0.4 is 5.32 Å². The molecule has 0 bridgehead atoms. The SMILES string of the molecule is Cc1cccc(CC(=O)Nc2ccc(Cl)cc2C(F)(F)F)c1. The Morgan fingerprint density at radius 2 is 1.91 bits per heavy atom. The molecule has 1 amide bonds. The highest BCUT2D eigenvalue weighted by Crippen LogP contribution is 2.36. The van der Waals surface area contributed by atoms with Crippen LogP contribution in [0.1, 0.15) is 16.7 Å². The Balaban J connectivity index is 2.18. The average Bonchev–Trinajstić information content (AvgIpc) is 2.39. The standard InChI is InChI=1S/C16H13ClF3NO/c1-10-3-2-4-11(7-10)8-15(22)21-14-6-5-12(17)9-13(14)16(18,19)20/h2-7,9H,8H2,1H3,(H,21,22). The first kappa shape index (κ1) is 16.4. The third-order valence-electron chi connectivity index (χ3n) is 3.01. The van der Waals surface area contributed by atoms with Gasteiger partial charge in [0.25, 0.3) is 0 Å². The molecule has 0 heterocycles. The van der Waals surface area contributed by atoms with Crippen LogP contribution in [0.15, 0.2) is 42.5 Å². The van der Waals surface area contributed by atoms with Crippen molar-refractivity contribution in [3.05, 3.63) is 64.2 Å². The number of hydrogen-bond acceptors (Lipinski definition) is 1. The Bertz CT molecular complexity index is 698. The van der Waals surface area contributed by atoms with E-state index >= 15 is 0 Å². The number of alkyl halides is 3. The van der Waals surface area contributed by atoms with Gasteiger partial charge >= 0.3 is 6.18 Å². The maximum atomic E-state index is 12.9. The van der Waals surface area contributed by atoms with E-state index in [2.05, 4.69) is 5.32 Å². The normalized spacial score (nSPS) is 11.3. The quantitative estimate of drug-likeness (QED) is 0.858. The lowest BCUT2D eigenvalue weighted by molar-refractivity contribution is -0.137. The summed E-state index contributed by atoms with van der Waals surface area (Å²) in [6, 6.07) is 10.5. The van der Waals surface area contributed by atoms with E-state index in [1.165, 1.54) is 6.07 Å². The van der Waals surface area contributed by atoms with Crippen molar-refractivity contribution in [2.45, 2.75) is 19.5 Å². The summed E-state index contributed by atoms with van der Waals surface area (Å²) in [5, 5.41) is 2.26. The molecule has 0 aliphatic rings. The third-order valence-corrected chi connectivity index (χ3v) is 3.24. The maximum Gasteiger partial charge on any atom is 0.418 e. The van der Waals surface area contributed by atoms with Crippen LogP contribution in [0, 0.1) is 6.92 Å². The lowest BCUT2D eigenvalue weighted by atomic mass is 10.1. The minimum atomic E-state index is -4.59. The van der Waals surface area contributed by atoms with Gasteiger partial charge in [-0.15, -0.1) is 0 Å². The van der Waals surface area contributed by atoms with Crippen molar-refractivity contribution in [2.75, 3.05) is 5.32 Å². The number of halogens is 4. The van der Waals surface area contributed by atoms with E-state index in [0.29, 0.717) is 0 Å². The van der Waals surface area contributed by atoms with Gasteiger partial charge in [-0.1, -0.05) is 41.4 Å². The summed E-state index contributed by atoms with van der Waals surface area (Å²) in [6.07, 6.45) is -4.58. The molecule has 0 saturated carbocycles. The topological polar surface area (TPSA) is 29.1 Å². The molecule has 0 radical (unpaired) electrons. The van der Waals surface area contributed by atoms with Crippen molar-refractivity contribution in [3.63, 3.8) is 0 Å². The number of carbonyl (C=O) groups excluding carboxylic acids is 1. The second-order valence-electron chi connectivity index (χ2n) is 4.90. The van der Waals surface area contributed by atoms with E-state index in [0.717, 1.165) is 23.3 Å². The monoisotopic (exact) mass is 327 g/mol. The van der Waals surface area contributed by atoms with Gasteiger partial charge < -0.3 is 5.32 Å². The molecular weight excluding hydrogens is 315 g/mol. The minimum Gasteiger partial charge on any atom is -0.325 e. The first-order valence-corrected chi connectivity index (χ1v) is 6.85. The van der Waals surface area contributed by atoms with Crippen molar-refractivity contribution < 1.29 is 18.0 Å². The van der Waals surface area contributed by atoms with Crippen LogP contribution in [0.2, 0.25) is 5.02 Å². The number of carbonyl (C=O) groups is 1. The van der Waals surface area contributed by atoms with E-state index in [-0.39, 0.29) is 17.1 Å². The predicted molar refractivity (Wildman–Crippen MR) is 80.0 cm³/mol. The van der Waals surface area contributed by atoms with Gasteiger partial charge in [0.2, 0.25) is 5.91 Å². The Morgan fingerprint density at radius 1 is 1.18 bits per heavy atom. The molecule has 2 nitrogen and oxygen atoms in total. The summed E-state index contributed by atoms with van der Waals surface area (Å²) in [5.41, 5.74) is 0.458. The number of nitrogens with one attached hydrogen (secondary N) is 1. The molecule has 2 aromatic rings. The summed E-state index contributed by atoms with van der Waals surface area (Å²) in [4.78, 5) is 11.9. The molecule has 1 N–H and O–H groups in total. The smallest absolute Gasteiger partial charge is 0.325 e. The molecule has 116 valence electrons. The molecule has 6 heteroatoms. The Morgan fingerprint density at radius 3 is 2.55 bits per heavy atom. The summed E-state index contributed by atoms with van der Waals surface area (Å²) in [5.74, 6) is -0.515. The number of hydrogen-bond donors (Lipinski definition) is 1. The van der Waals surface area contributed by atoms with Gasteiger partial charge in [0.1, 0.15) is 0 Å². The van der Waals surface area contributed by atoms with Gasteiger partial charge in [0.15, 0.2) is 0 Å². The van der Waals surface area contributed by atoms with Crippen LogP contribution in [-0.4, -0.2) is 5.91 Å². The van der Waals surface area contributed by atoms with Gasteiger partial charge in [0.05, 0.1) is 17.7 Å².